The number of hydrogen-bond donors (Lipinski definition) is 0. The van der Waals surface area contributed by atoms with Crippen LogP contribution in [0.25, 0.3) is 10.9 Å². The van der Waals surface area contributed by atoms with Crippen molar-refractivity contribution in [1.82, 2.24) is 4.98 Å². The van der Waals surface area contributed by atoms with Gasteiger partial charge in [0.1, 0.15) is 6.07 Å². The summed E-state index contributed by atoms with van der Waals surface area (Å²) in [7, 11) is 0. The molecule has 0 amide bonds. The summed E-state index contributed by atoms with van der Waals surface area (Å²) < 4.78 is 0. The van der Waals surface area contributed by atoms with E-state index in [2.05, 4.69) is 4.98 Å². The Balaban J connectivity index is 2.77. The first-order valence-corrected chi connectivity index (χ1v) is 4.13. The van der Waals surface area contributed by atoms with Crippen LogP contribution >= 0.6 is 11.6 Å². The second kappa shape index (κ2) is 3.04. The minimum atomic E-state index is 0.551. The number of pyridine rings is 1. The Kier molecular flexibility index (Phi) is 1.88. The van der Waals surface area contributed by atoms with Crippen molar-refractivity contribution in [3.8, 4) is 6.07 Å². The van der Waals surface area contributed by atoms with E-state index in [4.69, 9.17) is 16.9 Å². The average Bonchev–Trinajstić information content (AvgIpc) is 2.16. The zero-order valence-corrected chi connectivity index (χ0v) is 7.42. The van der Waals surface area contributed by atoms with E-state index in [-0.39, 0.29) is 0 Å². The molecule has 2 rings (SSSR count). The van der Waals surface area contributed by atoms with Gasteiger partial charge in [0.15, 0.2) is 0 Å². The molecule has 1 aromatic carbocycles. The summed E-state index contributed by atoms with van der Waals surface area (Å²) in [5.41, 5.74) is 1.40. The monoisotopic (exact) mass is 188 g/mol. The summed E-state index contributed by atoms with van der Waals surface area (Å²) in [4.78, 5) is 4.11. The van der Waals surface area contributed by atoms with Crippen molar-refractivity contribution in [2.24, 2.45) is 0 Å². The van der Waals surface area contributed by atoms with Crippen LogP contribution in [0.3, 0.4) is 0 Å². The SMILES string of the molecule is N#Cc1cnc2ccc(Cl)cc2c1. The highest BCUT2D eigenvalue weighted by Gasteiger charge is 1.97. The molecule has 2 nitrogen and oxygen atoms in total. The molecule has 0 spiro atoms. The molecule has 13 heavy (non-hydrogen) atoms. The maximum atomic E-state index is 8.64. The number of fused-ring (bicyclic) bond motifs is 1. The molecule has 0 saturated carbocycles. The van der Waals surface area contributed by atoms with Gasteiger partial charge in [-0.15, -0.1) is 0 Å². The van der Waals surface area contributed by atoms with Crippen molar-refractivity contribution >= 4 is 22.5 Å². The van der Waals surface area contributed by atoms with Gasteiger partial charge in [-0.3, -0.25) is 4.98 Å². The molecule has 0 fully saturated rings. The average molecular weight is 189 g/mol. The van der Waals surface area contributed by atoms with Crippen molar-refractivity contribution < 1.29 is 0 Å². The number of nitrogens with zero attached hydrogens (tertiary/aromatic N) is 2. The van der Waals surface area contributed by atoms with Gasteiger partial charge >= 0.3 is 0 Å². The van der Waals surface area contributed by atoms with Gasteiger partial charge in [0.05, 0.1) is 11.1 Å². The topological polar surface area (TPSA) is 36.7 Å². The summed E-state index contributed by atoms with van der Waals surface area (Å²) in [6.07, 6.45) is 1.55. The molecule has 3 heteroatoms. The smallest absolute Gasteiger partial charge is 0.101 e. The third-order valence-corrected chi connectivity index (χ3v) is 2.01. The van der Waals surface area contributed by atoms with E-state index in [1.54, 1.807) is 24.4 Å². The zero-order chi connectivity index (χ0) is 9.26. The lowest BCUT2D eigenvalue weighted by atomic mass is 10.2. The molecule has 0 N–H and O–H groups in total. The first-order chi connectivity index (χ1) is 6.29. The van der Waals surface area contributed by atoms with Gasteiger partial charge in [-0.1, -0.05) is 11.6 Å². The lowest BCUT2D eigenvalue weighted by Crippen LogP contribution is -1.81. The van der Waals surface area contributed by atoms with Crippen LogP contribution in [0, 0.1) is 11.3 Å². The van der Waals surface area contributed by atoms with Crippen LogP contribution in [0.15, 0.2) is 30.5 Å². The van der Waals surface area contributed by atoms with Crippen LogP contribution in [0.2, 0.25) is 5.02 Å². The Bertz CT molecular complexity index is 500. The molecule has 0 aliphatic heterocycles. The predicted octanol–water partition coefficient (Wildman–Crippen LogP) is 2.76. The largest absolute Gasteiger partial charge is 0.255 e. The fourth-order valence-electron chi connectivity index (χ4n) is 1.16. The lowest BCUT2D eigenvalue weighted by molar-refractivity contribution is 1.37. The van der Waals surface area contributed by atoms with Crippen LogP contribution in [-0.4, -0.2) is 4.98 Å². The summed E-state index contributed by atoms with van der Waals surface area (Å²) in [6, 6.07) is 9.21. The molecule has 1 heterocycles. The Morgan fingerprint density at radius 1 is 1.31 bits per heavy atom. The van der Waals surface area contributed by atoms with Gasteiger partial charge < -0.3 is 0 Å². The van der Waals surface area contributed by atoms with Crippen LogP contribution in [0.5, 0.6) is 0 Å². The molecule has 0 atom stereocenters. The van der Waals surface area contributed by atoms with Gasteiger partial charge in [0.25, 0.3) is 0 Å². The van der Waals surface area contributed by atoms with Crippen LogP contribution in [0.4, 0.5) is 0 Å². The number of rotatable bonds is 0. The van der Waals surface area contributed by atoms with Crippen molar-refractivity contribution in [3.63, 3.8) is 0 Å². The first-order valence-electron chi connectivity index (χ1n) is 3.75. The molecule has 0 aliphatic rings. The van der Waals surface area contributed by atoms with Crippen molar-refractivity contribution in [2.75, 3.05) is 0 Å². The molecule has 0 aliphatic carbocycles. The standard InChI is InChI=1S/C10H5ClN2/c11-9-1-2-10-8(4-9)3-7(5-12)6-13-10/h1-4,6H. The molecule has 0 bridgehead atoms. The third-order valence-electron chi connectivity index (χ3n) is 1.77. The number of nitriles is 1. The maximum Gasteiger partial charge on any atom is 0.101 e. The first kappa shape index (κ1) is 8.03. The van der Waals surface area contributed by atoms with E-state index in [9.17, 15) is 0 Å². The minimum absolute atomic E-state index is 0.551. The number of benzene rings is 1. The molecule has 1 aromatic heterocycles. The summed E-state index contributed by atoms with van der Waals surface area (Å²) in [6.45, 7) is 0. The van der Waals surface area contributed by atoms with E-state index in [0.717, 1.165) is 10.9 Å². The number of halogens is 1. The highest BCUT2D eigenvalue weighted by Crippen LogP contribution is 2.17. The minimum Gasteiger partial charge on any atom is -0.255 e. The lowest BCUT2D eigenvalue weighted by Gasteiger charge is -1.96. The summed E-state index contributed by atoms with van der Waals surface area (Å²) in [5, 5.41) is 10.2. The molecule has 2 aromatic rings. The van der Waals surface area contributed by atoms with Crippen molar-refractivity contribution in [3.05, 3.63) is 41.0 Å². The van der Waals surface area contributed by atoms with E-state index in [1.165, 1.54) is 0 Å². The van der Waals surface area contributed by atoms with Crippen molar-refractivity contribution in [1.29, 1.82) is 5.26 Å². The van der Waals surface area contributed by atoms with E-state index in [0.29, 0.717) is 10.6 Å². The molecule has 0 radical (unpaired) electrons. The van der Waals surface area contributed by atoms with Gasteiger partial charge in [0, 0.05) is 16.6 Å². The Morgan fingerprint density at radius 3 is 2.92 bits per heavy atom. The fraction of sp³-hybridized carbons (Fsp3) is 0. The molecular formula is C10H5ClN2. The second-order valence-electron chi connectivity index (χ2n) is 2.67. The molecule has 62 valence electrons. The highest BCUT2D eigenvalue weighted by atomic mass is 35.5. The second-order valence-corrected chi connectivity index (χ2v) is 3.11. The van der Waals surface area contributed by atoms with Crippen molar-refractivity contribution in [2.45, 2.75) is 0 Å². The van der Waals surface area contributed by atoms with Crippen LogP contribution in [-0.2, 0) is 0 Å². The summed E-state index contributed by atoms with van der Waals surface area (Å²) in [5.74, 6) is 0. The number of aromatic nitrogens is 1. The van der Waals surface area contributed by atoms with Gasteiger partial charge in [-0.2, -0.15) is 5.26 Å². The molecular weight excluding hydrogens is 184 g/mol. The van der Waals surface area contributed by atoms with Crippen LogP contribution < -0.4 is 0 Å². The zero-order valence-electron chi connectivity index (χ0n) is 6.66. The molecule has 0 saturated heterocycles. The summed E-state index contributed by atoms with van der Waals surface area (Å²) >= 11 is 5.80. The normalized spacial score (nSPS) is 9.85. The van der Waals surface area contributed by atoms with Gasteiger partial charge in [-0.05, 0) is 24.3 Å². The van der Waals surface area contributed by atoms with E-state index < -0.39 is 0 Å². The predicted molar refractivity (Wildman–Crippen MR) is 51.5 cm³/mol. The fourth-order valence-corrected chi connectivity index (χ4v) is 1.34. The van der Waals surface area contributed by atoms with Crippen LogP contribution in [0.1, 0.15) is 5.56 Å². The Morgan fingerprint density at radius 2 is 2.15 bits per heavy atom. The maximum absolute atomic E-state index is 8.64. The number of hydrogen-bond acceptors (Lipinski definition) is 2. The Labute approximate surface area is 80.4 Å². The Hall–Kier alpha value is -1.59. The van der Waals surface area contributed by atoms with Gasteiger partial charge in [0.2, 0.25) is 0 Å². The van der Waals surface area contributed by atoms with E-state index in [1.807, 2.05) is 12.1 Å². The van der Waals surface area contributed by atoms with E-state index >= 15 is 0 Å². The quantitative estimate of drug-likeness (QED) is 0.638. The highest BCUT2D eigenvalue weighted by molar-refractivity contribution is 6.31. The molecule has 0 unspecified atom stereocenters. The third kappa shape index (κ3) is 1.47. The van der Waals surface area contributed by atoms with Gasteiger partial charge in [-0.25, -0.2) is 0 Å².